The maximum atomic E-state index is 12.9. The van der Waals surface area contributed by atoms with E-state index in [1.807, 2.05) is 0 Å². The standard InChI is InChI=1S/C19H18O6/c1-21-12-9-8-11(10-15(12)23-3)18-19(24-4)17(20)16-13(22-2)6-5-7-14(16)25-18/h5-10H,1-4H3. The van der Waals surface area contributed by atoms with Crippen molar-refractivity contribution >= 4 is 11.0 Å². The maximum Gasteiger partial charge on any atom is 0.239 e. The zero-order valence-corrected chi connectivity index (χ0v) is 14.4. The van der Waals surface area contributed by atoms with Crippen LogP contribution in [0.15, 0.2) is 45.6 Å². The Balaban J connectivity index is 2.32. The molecule has 0 saturated carbocycles. The minimum absolute atomic E-state index is 0.101. The smallest absolute Gasteiger partial charge is 0.239 e. The van der Waals surface area contributed by atoms with Crippen molar-refractivity contribution in [3.63, 3.8) is 0 Å². The monoisotopic (exact) mass is 342 g/mol. The summed E-state index contributed by atoms with van der Waals surface area (Å²) < 4.78 is 27.1. The summed E-state index contributed by atoms with van der Waals surface area (Å²) in [6.07, 6.45) is 0. The molecule has 1 heterocycles. The molecule has 0 atom stereocenters. The summed E-state index contributed by atoms with van der Waals surface area (Å²) in [5, 5.41) is 0.339. The van der Waals surface area contributed by atoms with E-state index in [2.05, 4.69) is 0 Å². The van der Waals surface area contributed by atoms with E-state index in [0.29, 0.717) is 39.5 Å². The molecule has 0 radical (unpaired) electrons. The SMILES string of the molecule is COc1ccc(-c2oc3cccc(OC)c3c(=O)c2OC)cc1OC. The molecule has 3 rings (SSSR count). The molecule has 0 saturated heterocycles. The Morgan fingerprint density at radius 1 is 0.800 bits per heavy atom. The van der Waals surface area contributed by atoms with E-state index in [0.717, 1.165) is 0 Å². The molecule has 1 aromatic heterocycles. The lowest BCUT2D eigenvalue weighted by Crippen LogP contribution is -2.08. The van der Waals surface area contributed by atoms with Gasteiger partial charge < -0.3 is 23.4 Å². The van der Waals surface area contributed by atoms with Crippen LogP contribution >= 0.6 is 0 Å². The van der Waals surface area contributed by atoms with Gasteiger partial charge in [0.2, 0.25) is 11.2 Å². The van der Waals surface area contributed by atoms with Crippen LogP contribution in [0, 0.1) is 0 Å². The first-order chi connectivity index (χ1) is 12.1. The third-order valence-corrected chi connectivity index (χ3v) is 3.91. The van der Waals surface area contributed by atoms with Gasteiger partial charge in [0.25, 0.3) is 0 Å². The van der Waals surface area contributed by atoms with Crippen LogP contribution in [0.2, 0.25) is 0 Å². The van der Waals surface area contributed by atoms with E-state index in [1.165, 1.54) is 14.2 Å². The molecule has 0 spiro atoms. The van der Waals surface area contributed by atoms with Crippen molar-refractivity contribution in [2.45, 2.75) is 0 Å². The fraction of sp³-hybridized carbons (Fsp3) is 0.211. The predicted molar refractivity (Wildman–Crippen MR) is 94.1 cm³/mol. The third-order valence-electron chi connectivity index (χ3n) is 3.91. The number of ether oxygens (including phenoxy) is 4. The number of benzene rings is 2. The largest absolute Gasteiger partial charge is 0.496 e. The second kappa shape index (κ2) is 6.76. The van der Waals surface area contributed by atoms with Crippen LogP contribution in [0.5, 0.6) is 23.0 Å². The molecule has 0 amide bonds. The van der Waals surface area contributed by atoms with Crippen LogP contribution < -0.4 is 24.4 Å². The van der Waals surface area contributed by atoms with Gasteiger partial charge in [-0.3, -0.25) is 4.79 Å². The molecule has 0 bridgehead atoms. The van der Waals surface area contributed by atoms with Gasteiger partial charge in [-0.15, -0.1) is 0 Å². The Bertz CT molecular complexity index is 974. The van der Waals surface area contributed by atoms with Gasteiger partial charge in [-0.2, -0.15) is 0 Å². The quantitative estimate of drug-likeness (QED) is 0.707. The molecule has 2 aromatic carbocycles. The first kappa shape index (κ1) is 16.7. The molecule has 3 aromatic rings. The summed E-state index contributed by atoms with van der Waals surface area (Å²) in [4.78, 5) is 12.9. The molecule has 0 fully saturated rings. The van der Waals surface area contributed by atoms with Gasteiger partial charge in [0.15, 0.2) is 17.3 Å². The molecule has 0 N–H and O–H groups in total. The Hall–Kier alpha value is -3.15. The highest BCUT2D eigenvalue weighted by atomic mass is 16.5. The van der Waals surface area contributed by atoms with E-state index in [9.17, 15) is 4.79 Å². The van der Waals surface area contributed by atoms with Crippen LogP contribution in [0.25, 0.3) is 22.3 Å². The van der Waals surface area contributed by atoms with Gasteiger partial charge in [-0.1, -0.05) is 6.07 Å². The topological polar surface area (TPSA) is 67.1 Å². The van der Waals surface area contributed by atoms with Crippen LogP contribution in [-0.4, -0.2) is 28.4 Å². The predicted octanol–water partition coefficient (Wildman–Crippen LogP) is 3.49. The van der Waals surface area contributed by atoms with E-state index in [1.54, 1.807) is 50.6 Å². The van der Waals surface area contributed by atoms with Crippen molar-refractivity contribution in [3.05, 3.63) is 46.6 Å². The van der Waals surface area contributed by atoms with Gasteiger partial charge in [-0.05, 0) is 30.3 Å². The third kappa shape index (κ3) is 2.76. The van der Waals surface area contributed by atoms with Gasteiger partial charge in [0.05, 0.1) is 28.4 Å². The zero-order valence-electron chi connectivity index (χ0n) is 14.4. The van der Waals surface area contributed by atoms with Crippen LogP contribution in [0.1, 0.15) is 0 Å². The summed E-state index contributed by atoms with van der Waals surface area (Å²) in [5.74, 6) is 1.95. The second-order valence-corrected chi connectivity index (χ2v) is 5.20. The maximum absolute atomic E-state index is 12.9. The van der Waals surface area contributed by atoms with E-state index < -0.39 is 0 Å². The summed E-state index contributed by atoms with van der Waals surface area (Å²) in [6, 6.07) is 10.4. The zero-order chi connectivity index (χ0) is 18.0. The summed E-state index contributed by atoms with van der Waals surface area (Å²) in [7, 11) is 6.03. The summed E-state index contributed by atoms with van der Waals surface area (Å²) >= 11 is 0. The minimum Gasteiger partial charge on any atom is -0.496 e. The average Bonchev–Trinajstić information content (AvgIpc) is 2.66. The molecule has 6 heteroatoms. The second-order valence-electron chi connectivity index (χ2n) is 5.20. The molecule has 0 aliphatic heterocycles. The highest BCUT2D eigenvalue weighted by Gasteiger charge is 2.20. The molecule has 25 heavy (non-hydrogen) atoms. The minimum atomic E-state index is -0.300. The lowest BCUT2D eigenvalue weighted by atomic mass is 10.1. The van der Waals surface area contributed by atoms with Crippen molar-refractivity contribution < 1.29 is 23.4 Å². The Morgan fingerprint density at radius 3 is 2.16 bits per heavy atom. The Labute approximate surface area is 144 Å². The van der Waals surface area contributed by atoms with Gasteiger partial charge in [0, 0.05) is 5.56 Å². The number of hydrogen-bond acceptors (Lipinski definition) is 6. The molecule has 130 valence electrons. The average molecular weight is 342 g/mol. The Morgan fingerprint density at radius 2 is 1.52 bits per heavy atom. The van der Waals surface area contributed by atoms with Gasteiger partial charge >= 0.3 is 0 Å². The van der Waals surface area contributed by atoms with Crippen molar-refractivity contribution in [1.82, 2.24) is 0 Å². The van der Waals surface area contributed by atoms with E-state index in [4.69, 9.17) is 23.4 Å². The lowest BCUT2D eigenvalue weighted by Gasteiger charge is -2.13. The molecule has 6 nitrogen and oxygen atoms in total. The van der Waals surface area contributed by atoms with E-state index >= 15 is 0 Å². The lowest BCUT2D eigenvalue weighted by molar-refractivity contribution is 0.355. The first-order valence-corrected chi connectivity index (χ1v) is 7.54. The van der Waals surface area contributed by atoms with Gasteiger partial charge in [-0.25, -0.2) is 0 Å². The number of hydrogen-bond donors (Lipinski definition) is 0. The molecule has 0 unspecified atom stereocenters. The van der Waals surface area contributed by atoms with Crippen molar-refractivity contribution in [3.8, 4) is 34.3 Å². The first-order valence-electron chi connectivity index (χ1n) is 7.54. The summed E-state index contributed by atoms with van der Waals surface area (Å²) in [6.45, 7) is 0. The fourth-order valence-corrected chi connectivity index (χ4v) is 2.72. The molecule has 0 aliphatic carbocycles. The highest BCUT2D eigenvalue weighted by molar-refractivity contribution is 5.87. The van der Waals surface area contributed by atoms with Crippen LogP contribution in [0.3, 0.4) is 0 Å². The highest BCUT2D eigenvalue weighted by Crippen LogP contribution is 2.37. The van der Waals surface area contributed by atoms with Crippen LogP contribution in [0.4, 0.5) is 0 Å². The van der Waals surface area contributed by atoms with Gasteiger partial charge in [0.1, 0.15) is 16.7 Å². The number of fused-ring (bicyclic) bond motifs is 1. The Kier molecular flexibility index (Phi) is 4.52. The van der Waals surface area contributed by atoms with Crippen molar-refractivity contribution in [2.24, 2.45) is 0 Å². The number of methoxy groups -OCH3 is 4. The molecular weight excluding hydrogens is 324 g/mol. The normalized spacial score (nSPS) is 10.6. The van der Waals surface area contributed by atoms with Crippen molar-refractivity contribution in [1.29, 1.82) is 0 Å². The summed E-state index contributed by atoms with van der Waals surface area (Å²) in [5.41, 5.74) is 0.747. The molecular formula is C19H18O6. The van der Waals surface area contributed by atoms with Crippen LogP contribution in [-0.2, 0) is 0 Å². The molecule has 0 aliphatic rings. The van der Waals surface area contributed by atoms with Crippen molar-refractivity contribution in [2.75, 3.05) is 28.4 Å². The number of rotatable bonds is 5. The van der Waals surface area contributed by atoms with E-state index in [-0.39, 0.29) is 11.2 Å². The fourth-order valence-electron chi connectivity index (χ4n) is 2.72.